The van der Waals surface area contributed by atoms with Crippen LogP contribution in [-0.2, 0) is 6.42 Å². The number of hydrogen-bond donors (Lipinski definition) is 2. The number of nitrogens with one attached hydrogen (secondary N) is 1. The van der Waals surface area contributed by atoms with Crippen molar-refractivity contribution in [1.82, 2.24) is 0 Å². The minimum absolute atomic E-state index is 0.268. The van der Waals surface area contributed by atoms with Crippen molar-refractivity contribution in [2.75, 3.05) is 11.9 Å². The molecule has 3 rings (SSSR count). The van der Waals surface area contributed by atoms with Crippen molar-refractivity contribution in [2.45, 2.75) is 44.6 Å². The number of para-hydroxylation sites is 1. The lowest BCUT2D eigenvalue weighted by atomic mass is 9.82. The molecule has 1 aromatic carbocycles. The predicted molar refractivity (Wildman–Crippen MR) is 70.2 cm³/mol. The first-order valence-electron chi connectivity index (χ1n) is 6.90. The van der Waals surface area contributed by atoms with Crippen LogP contribution < -0.4 is 5.32 Å². The van der Waals surface area contributed by atoms with E-state index in [0.29, 0.717) is 5.92 Å². The number of aliphatic hydroxyl groups excluding tert-OH is 1. The number of rotatable bonds is 2. The third-order valence-electron chi connectivity index (χ3n) is 4.29. The van der Waals surface area contributed by atoms with E-state index in [1.807, 2.05) is 0 Å². The number of anilines is 1. The third-order valence-corrected chi connectivity index (χ3v) is 4.29. The maximum atomic E-state index is 10.6. The highest BCUT2D eigenvalue weighted by Crippen LogP contribution is 2.39. The fraction of sp³-hybridized carbons (Fsp3) is 0.600. The van der Waals surface area contributed by atoms with Crippen LogP contribution in [0, 0.1) is 5.92 Å². The van der Waals surface area contributed by atoms with E-state index < -0.39 is 0 Å². The Labute approximate surface area is 103 Å². The van der Waals surface area contributed by atoms with Crippen molar-refractivity contribution < 1.29 is 5.11 Å². The van der Waals surface area contributed by atoms with Gasteiger partial charge in [0.15, 0.2) is 0 Å². The molecule has 1 saturated carbocycles. The van der Waals surface area contributed by atoms with E-state index in [1.165, 1.54) is 43.4 Å². The van der Waals surface area contributed by atoms with Gasteiger partial charge in [-0.3, -0.25) is 0 Å². The second-order valence-corrected chi connectivity index (χ2v) is 5.40. The molecule has 1 aromatic rings. The molecular formula is C15H21NO. The maximum absolute atomic E-state index is 10.6. The number of fused-ring (bicyclic) bond motifs is 1. The van der Waals surface area contributed by atoms with Crippen LogP contribution in [0.4, 0.5) is 5.69 Å². The van der Waals surface area contributed by atoms with Crippen molar-refractivity contribution >= 4 is 5.69 Å². The molecule has 0 bridgehead atoms. The lowest BCUT2D eigenvalue weighted by Gasteiger charge is -2.28. The molecule has 2 heteroatoms. The van der Waals surface area contributed by atoms with Gasteiger partial charge in [-0.1, -0.05) is 37.5 Å². The summed E-state index contributed by atoms with van der Waals surface area (Å²) in [6, 6.07) is 6.36. The molecule has 0 aromatic heterocycles. The summed E-state index contributed by atoms with van der Waals surface area (Å²) < 4.78 is 0. The zero-order valence-electron chi connectivity index (χ0n) is 10.3. The molecule has 2 N–H and O–H groups in total. The van der Waals surface area contributed by atoms with Gasteiger partial charge in [0.05, 0.1) is 6.10 Å². The molecule has 0 amide bonds. The van der Waals surface area contributed by atoms with Crippen molar-refractivity contribution in [2.24, 2.45) is 5.92 Å². The highest BCUT2D eigenvalue weighted by molar-refractivity contribution is 5.61. The average Bonchev–Trinajstić information content (AvgIpc) is 2.87. The topological polar surface area (TPSA) is 32.3 Å². The fourth-order valence-electron chi connectivity index (χ4n) is 3.32. The summed E-state index contributed by atoms with van der Waals surface area (Å²) in [7, 11) is 0. The largest absolute Gasteiger partial charge is 0.388 e. The Hall–Kier alpha value is -1.02. The van der Waals surface area contributed by atoms with Crippen molar-refractivity contribution in [3.8, 4) is 0 Å². The van der Waals surface area contributed by atoms with E-state index in [2.05, 4.69) is 23.5 Å². The van der Waals surface area contributed by atoms with Gasteiger partial charge in [0.2, 0.25) is 0 Å². The standard InChI is InChI=1S/C15H21NO/c17-15(12-5-2-1-3-6-12)13-8-4-7-11-9-10-16-14(11)13/h4,7-8,12,15-17H,1-3,5-6,9-10H2. The van der Waals surface area contributed by atoms with Crippen LogP contribution in [-0.4, -0.2) is 11.7 Å². The van der Waals surface area contributed by atoms with Gasteiger partial charge in [0.1, 0.15) is 0 Å². The molecule has 1 atom stereocenters. The van der Waals surface area contributed by atoms with Gasteiger partial charge in [-0.15, -0.1) is 0 Å². The summed E-state index contributed by atoms with van der Waals surface area (Å²) in [5.74, 6) is 0.470. The summed E-state index contributed by atoms with van der Waals surface area (Å²) in [6.07, 6.45) is 7.11. The zero-order chi connectivity index (χ0) is 11.7. The van der Waals surface area contributed by atoms with Crippen molar-refractivity contribution in [1.29, 1.82) is 0 Å². The Bertz CT molecular complexity index is 396. The lowest BCUT2D eigenvalue weighted by Crippen LogP contribution is -2.17. The zero-order valence-corrected chi connectivity index (χ0v) is 10.3. The summed E-state index contributed by atoms with van der Waals surface area (Å²) in [5.41, 5.74) is 3.72. The minimum atomic E-state index is -0.268. The van der Waals surface area contributed by atoms with Crippen molar-refractivity contribution in [3.63, 3.8) is 0 Å². The second-order valence-electron chi connectivity index (χ2n) is 5.40. The van der Waals surface area contributed by atoms with Crippen LogP contribution in [0.25, 0.3) is 0 Å². The number of benzene rings is 1. The lowest BCUT2D eigenvalue weighted by molar-refractivity contribution is 0.0854. The molecule has 0 saturated heterocycles. The third kappa shape index (κ3) is 2.06. The van der Waals surface area contributed by atoms with Gasteiger partial charge in [0.25, 0.3) is 0 Å². The van der Waals surface area contributed by atoms with Crippen LogP contribution in [0.15, 0.2) is 18.2 Å². The van der Waals surface area contributed by atoms with Crippen LogP contribution in [0.3, 0.4) is 0 Å². The van der Waals surface area contributed by atoms with Crippen molar-refractivity contribution in [3.05, 3.63) is 29.3 Å². The van der Waals surface area contributed by atoms with E-state index >= 15 is 0 Å². The monoisotopic (exact) mass is 231 g/mol. The van der Waals surface area contributed by atoms with Gasteiger partial charge in [-0.25, -0.2) is 0 Å². The quantitative estimate of drug-likeness (QED) is 0.818. The van der Waals surface area contributed by atoms with Gasteiger partial charge in [0, 0.05) is 17.8 Å². The molecular weight excluding hydrogens is 210 g/mol. The molecule has 2 aliphatic rings. The molecule has 2 nitrogen and oxygen atoms in total. The Balaban J connectivity index is 1.85. The van der Waals surface area contributed by atoms with Gasteiger partial charge in [-0.2, -0.15) is 0 Å². The van der Waals surface area contributed by atoms with E-state index in [9.17, 15) is 5.11 Å². The van der Waals surface area contributed by atoms with Crippen LogP contribution in [0.2, 0.25) is 0 Å². The van der Waals surface area contributed by atoms with E-state index in [1.54, 1.807) is 0 Å². The second kappa shape index (κ2) is 4.69. The SMILES string of the molecule is OC(c1cccc2c1NCC2)C1CCCCC1. The first-order valence-corrected chi connectivity index (χ1v) is 6.90. The minimum Gasteiger partial charge on any atom is -0.388 e. The number of hydrogen-bond acceptors (Lipinski definition) is 2. The Morgan fingerprint density at radius 2 is 2.00 bits per heavy atom. The van der Waals surface area contributed by atoms with E-state index in [4.69, 9.17) is 0 Å². The fourth-order valence-corrected chi connectivity index (χ4v) is 3.32. The summed E-state index contributed by atoms with van der Waals surface area (Å²) in [6.45, 7) is 1.02. The van der Waals surface area contributed by atoms with Crippen LogP contribution in [0.1, 0.15) is 49.3 Å². The summed E-state index contributed by atoms with van der Waals surface area (Å²) in [4.78, 5) is 0. The Morgan fingerprint density at radius 1 is 1.18 bits per heavy atom. The molecule has 1 aliphatic heterocycles. The van der Waals surface area contributed by atoms with Gasteiger partial charge < -0.3 is 10.4 Å². The number of aliphatic hydroxyl groups is 1. The highest BCUT2D eigenvalue weighted by atomic mass is 16.3. The molecule has 92 valence electrons. The smallest absolute Gasteiger partial charge is 0.0838 e. The molecule has 1 unspecified atom stereocenters. The normalized spacial score (nSPS) is 21.9. The first-order chi connectivity index (χ1) is 8.36. The highest BCUT2D eigenvalue weighted by Gasteiger charge is 2.26. The van der Waals surface area contributed by atoms with E-state index in [-0.39, 0.29) is 6.10 Å². The Kier molecular flexibility index (Phi) is 3.06. The summed E-state index contributed by atoms with van der Waals surface area (Å²) >= 11 is 0. The Morgan fingerprint density at radius 3 is 2.82 bits per heavy atom. The molecule has 1 fully saturated rings. The predicted octanol–water partition coefficient (Wildman–Crippen LogP) is 3.27. The molecule has 17 heavy (non-hydrogen) atoms. The summed E-state index contributed by atoms with van der Waals surface area (Å²) in [5, 5.41) is 14.0. The van der Waals surface area contributed by atoms with Crippen LogP contribution in [0.5, 0.6) is 0 Å². The van der Waals surface area contributed by atoms with E-state index in [0.717, 1.165) is 18.5 Å². The molecule has 1 heterocycles. The molecule has 1 aliphatic carbocycles. The van der Waals surface area contributed by atoms with Gasteiger partial charge in [-0.05, 0) is 30.7 Å². The van der Waals surface area contributed by atoms with Crippen LogP contribution >= 0.6 is 0 Å². The van der Waals surface area contributed by atoms with Gasteiger partial charge >= 0.3 is 0 Å². The first kappa shape index (κ1) is 11.1. The molecule has 0 spiro atoms. The average molecular weight is 231 g/mol. The maximum Gasteiger partial charge on any atom is 0.0838 e. The molecule has 0 radical (unpaired) electrons.